The van der Waals surface area contributed by atoms with Crippen molar-refractivity contribution >= 4 is 11.8 Å². The minimum Gasteiger partial charge on any atom is -0.469 e. The minimum absolute atomic E-state index is 0.121. The molecule has 3 heteroatoms. The number of ketones is 1. The Morgan fingerprint density at radius 3 is 2.67 bits per heavy atom. The van der Waals surface area contributed by atoms with Crippen molar-refractivity contribution in [2.75, 3.05) is 7.11 Å². The van der Waals surface area contributed by atoms with Gasteiger partial charge in [0, 0.05) is 11.8 Å². The number of hydrogen-bond donors (Lipinski definition) is 0. The van der Waals surface area contributed by atoms with E-state index in [4.69, 9.17) is 4.74 Å². The normalized spacial score (nSPS) is 55.4. The van der Waals surface area contributed by atoms with E-state index in [1.54, 1.807) is 0 Å². The SMILES string of the molecule is COC(=O)[C@]1(C)C[C@H]2C(C)C(=O)C3C1[C@H]32. The molecule has 0 aromatic heterocycles. The first-order valence-electron chi connectivity index (χ1n) is 5.64. The summed E-state index contributed by atoms with van der Waals surface area (Å²) >= 11 is 0. The lowest BCUT2D eigenvalue weighted by Gasteiger charge is -2.23. The highest BCUT2D eigenvalue weighted by atomic mass is 16.5. The van der Waals surface area contributed by atoms with Gasteiger partial charge in [0.2, 0.25) is 0 Å². The molecule has 0 aliphatic heterocycles. The van der Waals surface area contributed by atoms with Crippen LogP contribution in [0.2, 0.25) is 0 Å². The van der Waals surface area contributed by atoms with Crippen LogP contribution in [0.3, 0.4) is 0 Å². The van der Waals surface area contributed by atoms with Crippen LogP contribution in [0.4, 0.5) is 0 Å². The third-order valence-electron chi connectivity index (χ3n) is 5.04. The average Bonchev–Trinajstić information content (AvgIpc) is 2.85. The molecule has 3 aliphatic rings. The lowest BCUT2D eigenvalue weighted by atomic mass is 9.82. The fourth-order valence-corrected chi connectivity index (χ4v) is 4.29. The Morgan fingerprint density at radius 1 is 1.53 bits per heavy atom. The summed E-state index contributed by atoms with van der Waals surface area (Å²) in [6.07, 6.45) is 0.846. The maximum Gasteiger partial charge on any atom is 0.311 e. The molecule has 0 amide bonds. The molecule has 3 unspecified atom stereocenters. The number of esters is 1. The van der Waals surface area contributed by atoms with Gasteiger partial charge in [-0.1, -0.05) is 6.92 Å². The summed E-state index contributed by atoms with van der Waals surface area (Å²) in [6.45, 7) is 3.99. The first-order valence-corrected chi connectivity index (χ1v) is 5.64. The van der Waals surface area contributed by atoms with Gasteiger partial charge >= 0.3 is 5.97 Å². The molecule has 0 heterocycles. The monoisotopic (exact) mass is 208 g/mol. The van der Waals surface area contributed by atoms with Crippen LogP contribution in [-0.2, 0) is 14.3 Å². The minimum atomic E-state index is -0.380. The Morgan fingerprint density at radius 2 is 2.20 bits per heavy atom. The zero-order valence-electron chi connectivity index (χ0n) is 9.32. The molecule has 0 radical (unpaired) electrons. The van der Waals surface area contributed by atoms with Crippen LogP contribution in [0.25, 0.3) is 0 Å². The van der Waals surface area contributed by atoms with Crippen molar-refractivity contribution in [1.29, 1.82) is 0 Å². The number of methoxy groups -OCH3 is 1. The molecule has 0 spiro atoms. The zero-order chi connectivity index (χ0) is 11.0. The summed E-state index contributed by atoms with van der Waals surface area (Å²) in [5.74, 6) is 1.85. The van der Waals surface area contributed by atoms with E-state index in [0.29, 0.717) is 23.5 Å². The van der Waals surface area contributed by atoms with Crippen LogP contribution < -0.4 is 0 Å². The molecular weight excluding hydrogens is 192 g/mol. The summed E-state index contributed by atoms with van der Waals surface area (Å²) in [5.41, 5.74) is -0.380. The van der Waals surface area contributed by atoms with Crippen LogP contribution in [0, 0.1) is 35.0 Å². The lowest BCUT2D eigenvalue weighted by Crippen LogP contribution is -2.30. The van der Waals surface area contributed by atoms with Gasteiger partial charge in [0.25, 0.3) is 0 Å². The zero-order valence-corrected chi connectivity index (χ0v) is 9.32. The molecule has 3 aliphatic carbocycles. The van der Waals surface area contributed by atoms with Crippen LogP contribution in [0.5, 0.6) is 0 Å². The third-order valence-corrected chi connectivity index (χ3v) is 5.04. The van der Waals surface area contributed by atoms with Crippen LogP contribution >= 0.6 is 0 Å². The molecule has 3 fully saturated rings. The second kappa shape index (κ2) is 2.45. The van der Waals surface area contributed by atoms with E-state index in [1.807, 2.05) is 13.8 Å². The Balaban J connectivity index is 1.95. The number of rotatable bonds is 1. The summed E-state index contributed by atoms with van der Waals surface area (Å²) in [4.78, 5) is 23.6. The summed E-state index contributed by atoms with van der Waals surface area (Å²) in [6, 6.07) is 0. The molecule has 3 saturated carbocycles. The van der Waals surface area contributed by atoms with E-state index < -0.39 is 0 Å². The molecule has 15 heavy (non-hydrogen) atoms. The first kappa shape index (κ1) is 9.37. The summed E-state index contributed by atoms with van der Waals surface area (Å²) < 4.78 is 4.88. The van der Waals surface area contributed by atoms with Crippen molar-refractivity contribution in [3.63, 3.8) is 0 Å². The smallest absolute Gasteiger partial charge is 0.311 e. The quantitative estimate of drug-likeness (QED) is 0.609. The van der Waals surface area contributed by atoms with Crippen LogP contribution in [0.1, 0.15) is 20.3 Å². The van der Waals surface area contributed by atoms with E-state index in [2.05, 4.69) is 0 Å². The number of Topliss-reactive ketones (excluding diaryl/α,β-unsaturated/α-hetero) is 1. The van der Waals surface area contributed by atoms with Crippen molar-refractivity contribution in [2.45, 2.75) is 20.3 Å². The standard InChI is InChI=1S/C12H16O3/c1-5-6-4-12(2,11(14)15-3)9-7(6)8(9)10(5)13/h5-9H,4H2,1-3H3/t5?,6-,7-,8?,9?,12+/m0/s1. The van der Waals surface area contributed by atoms with Crippen molar-refractivity contribution in [3.05, 3.63) is 0 Å². The molecule has 0 bridgehead atoms. The van der Waals surface area contributed by atoms with E-state index in [0.717, 1.165) is 6.42 Å². The Hall–Kier alpha value is -0.860. The van der Waals surface area contributed by atoms with E-state index >= 15 is 0 Å². The molecule has 0 saturated heterocycles. The van der Waals surface area contributed by atoms with E-state index in [1.165, 1.54) is 7.11 Å². The van der Waals surface area contributed by atoms with Crippen molar-refractivity contribution in [1.82, 2.24) is 0 Å². The fourth-order valence-electron chi connectivity index (χ4n) is 4.29. The van der Waals surface area contributed by atoms with Gasteiger partial charge in [0.15, 0.2) is 0 Å². The van der Waals surface area contributed by atoms with Gasteiger partial charge in [0.1, 0.15) is 5.78 Å². The Bertz CT molecular complexity index is 362. The second-order valence-electron chi connectivity index (χ2n) is 5.60. The van der Waals surface area contributed by atoms with Crippen LogP contribution in [0.15, 0.2) is 0 Å². The molecule has 0 N–H and O–H groups in total. The number of carbonyl (C=O) groups is 2. The average molecular weight is 208 g/mol. The van der Waals surface area contributed by atoms with Gasteiger partial charge < -0.3 is 4.74 Å². The van der Waals surface area contributed by atoms with Gasteiger partial charge in [-0.05, 0) is 31.1 Å². The lowest BCUT2D eigenvalue weighted by molar-refractivity contribution is -0.153. The number of fused-ring (bicyclic) bond motifs is 1. The Kier molecular flexibility index (Phi) is 1.53. The van der Waals surface area contributed by atoms with Gasteiger partial charge in [-0.3, -0.25) is 9.59 Å². The van der Waals surface area contributed by atoms with Crippen molar-refractivity contribution in [3.8, 4) is 0 Å². The Labute approximate surface area is 89.2 Å². The molecule has 3 nitrogen and oxygen atoms in total. The van der Waals surface area contributed by atoms with Crippen molar-refractivity contribution < 1.29 is 14.3 Å². The second-order valence-corrected chi connectivity index (χ2v) is 5.60. The highest BCUT2D eigenvalue weighted by Crippen LogP contribution is 2.75. The largest absolute Gasteiger partial charge is 0.469 e. The van der Waals surface area contributed by atoms with Gasteiger partial charge in [-0.25, -0.2) is 0 Å². The molecule has 82 valence electrons. The summed E-state index contributed by atoms with van der Waals surface area (Å²) in [5, 5.41) is 0. The molecular formula is C12H16O3. The maximum absolute atomic E-state index is 11.9. The topological polar surface area (TPSA) is 43.4 Å². The summed E-state index contributed by atoms with van der Waals surface area (Å²) in [7, 11) is 1.44. The number of hydrogen-bond acceptors (Lipinski definition) is 3. The molecule has 0 aromatic carbocycles. The predicted molar refractivity (Wildman–Crippen MR) is 52.9 cm³/mol. The van der Waals surface area contributed by atoms with Crippen LogP contribution in [-0.4, -0.2) is 18.9 Å². The maximum atomic E-state index is 11.9. The van der Waals surface area contributed by atoms with E-state index in [-0.39, 0.29) is 23.2 Å². The van der Waals surface area contributed by atoms with Gasteiger partial charge in [0.05, 0.1) is 12.5 Å². The molecule has 3 rings (SSSR count). The highest BCUT2D eigenvalue weighted by Gasteiger charge is 2.77. The van der Waals surface area contributed by atoms with E-state index in [9.17, 15) is 9.59 Å². The van der Waals surface area contributed by atoms with Crippen molar-refractivity contribution in [2.24, 2.45) is 35.0 Å². The predicted octanol–water partition coefficient (Wildman–Crippen LogP) is 1.27. The number of ether oxygens (including phenoxy) is 1. The van der Waals surface area contributed by atoms with Gasteiger partial charge in [-0.2, -0.15) is 0 Å². The molecule has 0 aromatic rings. The highest BCUT2D eigenvalue weighted by molar-refractivity contribution is 5.93. The number of carbonyl (C=O) groups excluding carboxylic acids is 2. The molecule has 6 atom stereocenters. The third kappa shape index (κ3) is 0.837. The van der Waals surface area contributed by atoms with Gasteiger partial charge in [-0.15, -0.1) is 0 Å². The fraction of sp³-hybridized carbons (Fsp3) is 0.833. The first-order chi connectivity index (χ1) is 7.02.